The summed E-state index contributed by atoms with van der Waals surface area (Å²) in [7, 11) is 1.64. The van der Waals surface area contributed by atoms with E-state index in [9.17, 15) is 4.79 Å². The molecule has 0 aliphatic heterocycles. The fraction of sp³-hybridized carbons (Fsp3) is 0.875. The molecule has 0 aliphatic carbocycles. The van der Waals surface area contributed by atoms with E-state index >= 15 is 0 Å². The summed E-state index contributed by atoms with van der Waals surface area (Å²) in [6.45, 7) is 2.56. The number of rotatable bonds is 8. The fourth-order valence-electron chi connectivity index (χ4n) is 0.694. The highest BCUT2D eigenvalue weighted by Crippen LogP contribution is 1.83. The summed E-state index contributed by atoms with van der Waals surface area (Å²) >= 11 is 3.06. The SMILES string of the molecule is COCCOCCCNC(=O)CBr. The summed E-state index contributed by atoms with van der Waals surface area (Å²) in [4.78, 5) is 10.7. The number of halogens is 1. The predicted octanol–water partition coefficient (Wildman–Crippen LogP) is 0.551. The third kappa shape index (κ3) is 9.79. The minimum atomic E-state index is 0.0110. The molecular weight excluding hydrogens is 238 g/mol. The van der Waals surface area contributed by atoms with Gasteiger partial charge >= 0.3 is 0 Å². The molecule has 0 aromatic rings. The van der Waals surface area contributed by atoms with E-state index in [-0.39, 0.29) is 5.91 Å². The van der Waals surface area contributed by atoms with E-state index in [1.54, 1.807) is 7.11 Å². The minimum absolute atomic E-state index is 0.0110. The maximum Gasteiger partial charge on any atom is 0.230 e. The standard InChI is InChI=1S/C8H16BrNO3/c1-12-5-6-13-4-2-3-10-8(11)7-9/h2-7H2,1H3,(H,10,11). The molecule has 0 heterocycles. The molecule has 0 saturated carbocycles. The molecule has 1 amide bonds. The summed E-state index contributed by atoms with van der Waals surface area (Å²) in [5.74, 6) is 0.0110. The first-order valence-corrected chi connectivity index (χ1v) is 5.32. The van der Waals surface area contributed by atoms with Crippen molar-refractivity contribution >= 4 is 21.8 Å². The molecule has 78 valence electrons. The maximum absolute atomic E-state index is 10.7. The first-order valence-electron chi connectivity index (χ1n) is 4.20. The zero-order valence-electron chi connectivity index (χ0n) is 7.85. The lowest BCUT2D eigenvalue weighted by Crippen LogP contribution is -2.26. The van der Waals surface area contributed by atoms with Gasteiger partial charge in [-0.1, -0.05) is 15.9 Å². The summed E-state index contributed by atoms with van der Waals surface area (Å²) in [6.07, 6.45) is 0.836. The van der Waals surface area contributed by atoms with Gasteiger partial charge in [-0.25, -0.2) is 0 Å². The average molecular weight is 254 g/mol. The van der Waals surface area contributed by atoms with Gasteiger partial charge < -0.3 is 14.8 Å². The highest BCUT2D eigenvalue weighted by atomic mass is 79.9. The largest absolute Gasteiger partial charge is 0.382 e. The van der Waals surface area contributed by atoms with E-state index in [4.69, 9.17) is 9.47 Å². The van der Waals surface area contributed by atoms with Gasteiger partial charge in [0, 0.05) is 20.3 Å². The Bertz CT molecular complexity index is 133. The van der Waals surface area contributed by atoms with Gasteiger partial charge in [-0.2, -0.15) is 0 Å². The lowest BCUT2D eigenvalue weighted by atomic mass is 10.4. The van der Waals surface area contributed by atoms with E-state index in [1.165, 1.54) is 0 Å². The molecule has 0 rings (SSSR count). The number of hydrogen-bond acceptors (Lipinski definition) is 3. The molecule has 0 spiro atoms. The maximum atomic E-state index is 10.7. The molecule has 0 aromatic carbocycles. The lowest BCUT2D eigenvalue weighted by molar-refractivity contribution is -0.118. The predicted molar refractivity (Wildman–Crippen MR) is 54.1 cm³/mol. The second kappa shape index (κ2) is 9.95. The number of carbonyl (C=O) groups excluding carboxylic acids is 1. The van der Waals surface area contributed by atoms with Crippen molar-refractivity contribution in [2.75, 3.05) is 38.8 Å². The molecule has 5 heteroatoms. The van der Waals surface area contributed by atoms with Crippen LogP contribution in [0, 0.1) is 0 Å². The first-order chi connectivity index (χ1) is 6.31. The van der Waals surface area contributed by atoms with E-state index < -0.39 is 0 Å². The van der Waals surface area contributed by atoms with Gasteiger partial charge in [0.25, 0.3) is 0 Å². The number of ether oxygens (including phenoxy) is 2. The van der Waals surface area contributed by atoms with Crippen LogP contribution in [0.3, 0.4) is 0 Å². The molecule has 0 atom stereocenters. The molecular formula is C8H16BrNO3. The van der Waals surface area contributed by atoms with Crippen LogP contribution < -0.4 is 5.32 Å². The Morgan fingerprint density at radius 3 is 2.77 bits per heavy atom. The highest BCUT2D eigenvalue weighted by Gasteiger charge is 1.95. The van der Waals surface area contributed by atoms with Crippen LogP contribution in [-0.4, -0.2) is 44.7 Å². The molecule has 13 heavy (non-hydrogen) atoms. The summed E-state index contributed by atoms with van der Waals surface area (Å²) < 4.78 is 10.0. The Morgan fingerprint density at radius 2 is 2.15 bits per heavy atom. The fourth-order valence-corrected chi connectivity index (χ4v) is 0.892. The monoisotopic (exact) mass is 253 g/mol. The van der Waals surface area contributed by atoms with Gasteiger partial charge in [0.1, 0.15) is 0 Å². The average Bonchev–Trinajstić information content (AvgIpc) is 2.16. The molecule has 0 aromatic heterocycles. The number of hydrogen-bond donors (Lipinski definition) is 1. The normalized spacial score (nSPS) is 10.0. The number of methoxy groups -OCH3 is 1. The number of amides is 1. The van der Waals surface area contributed by atoms with Crippen molar-refractivity contribution in [2.45, 2.75) is 6.42 Å². The van der Waals surface area contributed by atoms with Gasteiger partial charge in [0.05, 0.1) is 18.5 Å². The Labute approximate surface area is 87.1 Å². The number of nitrogens with one attached hydrogen (secondary N) is 1. The van der Waals surface area contributed by atoms with E-state index in [1.807, 2.05) is 0 Å². The van der Waals surface area contributed by atoms with E-state index in [2.05, 4.69) is 21.2 Å². The van der Waals surface area contributed by atoms with Crippen LogP contribution in [0.25, 0.3) is 0 Å². The van der Waals surface area contributed by atoms with Crippen LogP contribution in [0.1, 0.15) is 6.42 Å². The molecule has 0 fully saturated rings. The van der Waals surface area contributed by atoms with Gasteiger partial charge in [-0.3, -0.25) is 4.79 Å². The number of alkyl halides is 1. The molecule has 4 nitrogen and oxygen atoms in total. The van der Waals surface area contributed by atoms with E-state index in [0.29, 0.717) is 31.7 Å². The Balaban J connectivity index is 2.95. The highest BCUT2D eigenvalue weighted by molar-refractivity contribution is 9.09. The Kier molecular flexibility index (Phi) is 9.85. The van der Waals surface area contributed by atoms with Crippen LogP contribution in [0.2, 0.25) is 0 Å². The van der Waals surface area contributed by atoms with Crippen molar-refractivity contribution in [3.05, 3.63) is 0 Å². The topological polar surface area (TPSA) is 47.6 Å². The summed E-state index contributed by atoms with van der Waals surface area (Å²) in [5, 5.41) is 3.08. The summed E-state index contributed by atoms with van der Waals surface area (Å²) in [5.41, 5.74) is 0. The third-order valence-corrected chi connectivity index (χ3v) is 1.85. The van der Waals surface area contributed by atoms with Gasteiger partial charge in [0.15, 0.2) is 0 Å². The zero-order valence-corrected chi connectivity index (χ0v) is 9.43. The molecule has 0 bridgehead atoms. The molecule has 0 radical (unpaired) electrons. The smallest absolute Gasteiger partial charge is 0.230 e. The van der Waals surface area contributed by atoms with Crippen LogP contribution in [0.5, 0.6) is 0 Å². The van der Waals surface area contributed by atoms with Gasteiger partial charge in [-0.05, 0) is 6.42 Å². The summed E-state index contributed by atoms with van der Waals surface area (Å²) in [6, 6.07) is 0. The zero-order chi connectivity index (χ0) is 9.94. The van der Waals surface area contributed by atoms with Gasteiger partial charge in [-0.15, -0.1) is 0 Å². The molecule has 0 unspecified atom stereocenters. The van der Waals surface area contributed by atoms with Crippen molar-refractivity contribution in [1.82, 2.24) is 5.32 Å². The molecule has 1 N–H and O–H groups in total. The number of carbonyl (C=O) groups is 1. The van der Waals surface area contributed by atoms with Gasteiger partial charge in [0.2, 0.25) is 5.91 Å². The molecule has 0 saturated heterocycles. The van der Waals surface area contributed by atoms with E-state index in [0.717, 1.165) is 6.42 Å². The van der Waals surface area contributed by atoms with Crippen LogP contribution >= 0.6 is 15.9 Å². The first kappa shape index (κ1) is 12.9. The van der Waals surface area contributed by atoms with Crippen molar-refractivity contribution in [2.24, 2.45) is 0 Å². The second-order valence-electron chi connectivity index (χ2n) is 2.44. The van der Waals surface area contributed by atoms with Crippen LogP contribution in [0.15, 0.2) is 0 Å². The minimum Gasteiger partial charge on any atom is -0.382 e. The quantitative estimate of drug-likeness (QED) is 0.508. The second-order valence-corrected chi connectivity index (χ2v) is 3.00. The Morgan fingerprint density at radius 1 is 1.38 bits per heavy atom. The molecule has 0 aliphatic rings. The van der Waals surface area contributed by atoms with Crippen molar-refractivity contribution in [1.29, 1.82) is 0 Å². The van der Waals surface area contributed by atoms with Crippen LogP contribution in [-0.2, 0) is 14.3 Å². The Hall–Kier alpha value is -0.130. The third-order valence-electron chi connectivity index (χ3n) is 1.34. The van der Waals surface area contributed by atoms with Crippen molar-refractivity contribution in [3.63, 3.8) is 0 Å². The van der Waals surface area contributed by atoms with Crippen molar-refractivity contribution in [3.8, 4) is 0 Å². The van der Waals surface area contributed by atoms with Crippen LogP contribution in [0.4, 0.5) is 0 Å². The van der Waals surface area contributed by atoms with Crippen molar-refractivity contribution < 1.29 is 14.3 Å². The lowest BCUT2D eigenvalue weighted by Gasteiger charge is -2.04.